The van der Waals surface area contributed by atoms with Crippen molar-refractivity contribution in [2.45, 2.75) is 32.1 Å². The van der Waals surface area contributed by atoms with Gasteiger partial charge in [-0.05, 0) is 80.6 Å². The molecule has 0 saturated heterocycles. The smallest absolute Gasteiger partial charge is 0.404 e. The normalized spacial score (nSPS) is 13.0. The van der Waals surface area contributed by atoms with Crippen LogP contribution in [0.15, 0.2) is 66.9 Å². The van der Waals surface area contributed by atoms with E-state index in [1.54, 1.807) is 18.2 Å². The van der Waals surface area contributed by atoms with Gasteiger partial charge in [0.2, 0.25) is 11.8 Å². The summed E-state index contributed by atoms with van der Waals surface area (Å²) in [6, 6.07) is 14.1. The first kappa shape index (κ1) is 31.9. The SMILES string of the molecule is COc1cc2c(Oc3ccc(NC(=O)C4(C(=O)Nc5ccc(F)cc5)CC4)cc3F)ccnc2cc1OCCCCCOC(N)=O. The quantitative estimate of drug-likeness (QED) is 0.108. The number of anilines is 2. The fourth-order valence-corrected chi connectivity index (χ4v) is 4.72. The van der Waals surface area contributed by atoms with Gasteiger partial charge in [0.25, 0.3) is 0 Å². The Morgan fingerprint density at radius 1 is 0.826 bits per heavy atom. The average molecular weight is 635 g/mol. The van der Waals surface area contributed by atoms with E-state index in [1.807, 2.05) is 0 Å². The van der Waals surface area contributed by atoms with E-state index in [9.17, 15) is 18.8 Å². The molecule has 240 valence electrons. The van der Waals surface area contributed by atoms with Gasteiger partial charge >= 0.3 is 6.09 Å². The van der Waals surface area contributed by atoms with Crippen LogP contribution < -0.4 is 30.6 Å². The van der Waals surface area contributed by atoms with Gasteiger partial charge in [-0.25, -0.2) is 13.6 Å². The van der Waals surface area contributed by atoms with Gasteiger partial charge in [-0.2, -0.15) is 0 Å². The van der Waals surface area contributed by atoms with Crippen molar-refractivity contribution in [2.24, 2.45) is 11.1 Å². The van der Waals surface area contributed by atoms with E-state index in [2.05, 4.69) is 15.6 Å². The number of pyridine rings is 1. The fourth-order valence-electron chi connectivity index (χ4n) is 4.72. The number of aromatic nitrogens is 1. The number of halogens is 2. The molecule has 4 aromatic rings. The lowest BCUT2D eigenvalue weighted by Crippen LogP contribution is -2.35. The maximum absolute atomic E-state index is 15.2. The van der Waals surface area contributed by atoms with E-state index in [0.717, 1.165) is 12.5 Å². The van der Waals surface area contributed by atoms with E-state index in [1.165, 1.54) is 49.7 Å². The van der Waals surface area contributed by atoms with Gasteiger partial charge in [0.1, 0.15) is 17.0 Å². The zero-order valence-electron chi connectivity index (χ0n) is 24.9. The van der Waals surface area contributed by atoms with E-state index in [4.69, 9.17) is 24.7 Å². The molecule has 3 amide bonds. The highest BCUT2D eigenvalue weighted by molar-refractivity contribution is 6.16. The van der Waals surface area contributed by atoms with E-state index < -0.39 is 35.0 Å². The van der Waals surface area contributed by atoms with Crippen molar-refractivity contribution in [1.29, 1.82) is 0 Å². The van der Waals surface area contributed by atoms with Gasteiger partial charge in [-0.1, -0.05) is 0 Å². The second-order valence-electron chi connectivity index (χ2n) is 10.7. The second kappa shape index (κ2) is 14.1. The van der Waals surface area contributed by atoms with Crippen LogP contribution in [0.3, 0.4) is 0 Å². The molecule has 1 saturated carbocycles. The molecule has 1 aliphatic carbocycles. The molecule has 0 bridgehead atoms. The molecule has 5 rings (SSSR count). The largest absolute Gasteiger partial charge is 0.493 e. The summed E-state index contributed by atoms with van der Waals surface area (Å²) in [6.45, 7) is 0.640. The standard InChI is InChI=1S/C33H32F2N4O7/c1-43-28-18-23-25(19-29(28)44-15-3-2-4-16-45-32(36)42)37-14-11-26(23)46-27-10-9-22(17-24(27)35)39-31(41)33(12-13-33)30(40)38-21-7-5-20(34)6-8-21/h5-11,14,17-19H,2-4,12-13,15-16H2,1H3,(H2,36,42)(H,38,40)(H,39,41). The summed E-state index contributed by atoms with van der Waals surface area (Å²) < 4.78 is 50.4. The molecule has 0 radical (unpaired) electrons. The number of amides is 3. The summed E-state index contributed by atoms with van der Waals surface area (Å²) in [6.07, 6.45) is 3.51. The number of hydrogen-bond donors (Lipinski definition) is 3. The summed E-state index contributed by atoms with van der Waals surface area (Å²) in [5, 5.41) is 5.80. The van der Waals surface area contributed by atoms with Crippen LogP contribution in [0.4, 0.5) is 25.0 Å². The molecule has 11 nitrogen and oxygen atoms in total. The predicted molar refractivity (Wildman–Crippen MR) is 165 cm³/mol. The third-order valence-corrected chi connectivity index (χ3v) is 7.41. The zero-order valence-corrected chi connectivity index (χ0v) is 24.9. The van der Waals surface area contributed by atoms with E-state index in [-0.39, 0.29) is 18.0 Å². The Morgan fingerprint density at radius 2 is 1.52 bits per heavy atom. The maximum Gasteiger partial charge on any atom is 0.404 e. The Kier molecular flexibility index (Phi) is 9.79. The number of hydrogen-bond acceptors (Lipinski definition) is 8. The Balaban J connectivity index is 1.22. The van der Waals surface area contributed by atoms with Crippen molar-refractivity contribution in [2.75, 3.05) is 31.0 Å². The van der Waals surface area contributed by atoms with Gasteiger partial charge in [0, 0.05) is 35.1 Å². The molecule has 0 atom stereocenters. The lowest BCUT2D eigenvalue weighted by molar-refractivity contribution is -0.131. The van der Waals surface area contributed by atoms with Gasteiger partial charge in [-0.15, -0.1) is 0 Å². The number of rotatable bonds is 14. The first-order valence-electron chi connectivity index (χ1n) is 14.6. The van der Waals surface area contributed by atoms with Gasteiger partial charge in [-0.3, -0.25) is 14.6 Å². The van der Waals surface area contributed by atoms with E-state index in [0.29, 0.717) is 66.1 Å². The number of unbranched alkanes of at least 4 members (excludes halogenated alkanes) is 2. The molecular weight excluding hydrogens is 602 g/mol. The highest BCUT2D eigenvalue weighted by Gasteiger charge is 2.56. The summed E-state index contributed by atoms with van der Waals surface area (Å²) >= 11 is 0. The van der Waals surface area contributed by atoms with Crippen LogP contribution in [0.25, 0.3) is 10.9 Å². The van der Waals surface area contributed by atoms with Crippen LogP contribution in [0, 0.1) is 17.0 Å². The molecule has 0 unspecified atom stereocenters. The number of fused-ring (bicyclic) bond motifs is 1. The van der Waals surface area contributed by atoms with Crippen LogP contribution in [0.2, 0.25) is 0 Å². The third-order valence-electron chi connectivity index (χ3n) is 7.41. The Morgan fingerprint density at radius 3 is 2.20 bits per heavy atom. The minimum absolute atomic E-state index is 0.0969. The number of nitrogens with two attached hydrogens (primary N) is 1. The first-order chi connectivity index (χ1) is 22.2. The van der Waals surface area contributed by atoms with Crippen molar-refractivity contribution in [3.8, 4) is 23.0 Å². The third kappa shape index (κ3) is 7.60. The molecule has 13 heteroatoms. The number of primary amides is 1. The first-order valence-corrected chi connectivity index (χ1v) is 14.6. The van der Waals surface area contributed by atoms with Crippen molar-refractivity contribution in [3.05, 3.63) is 78.5 Å². The number of ether oxygens (including phenoxy) is 4. The fraction of sp³-hybridized carbons (Fsp3) is 0.273. The monoisotopic (exact) mass is 634 g/mol. The number of methoxy groups -OCH3 is 1. The molecule has 4 N–H and O–H groups in total. The highest BCUT2D eigenvalue weighted by atomic mass is 19.1. The van der Waals surface area contributed by atoms with Gasteiger partial charge in [0.15, 0.2) is 23.1 Å². The highest BCUT2D eigenvalue weighted by Crippen LogP contribution is 2.47. The molecule has 0 aliphatic heterocycles. The number of carbonyl (C=O) groups excluding carboxylic acids is 3. The summed E-state index contributed by atoms with van der Waals surface area (Å²) in [5.74, 6) is -1.15. The summed E-state index contributed by atoms with van der Waals surface area (Å²) in [5.41, 5.74) is 4.70. The molecule has 1 heterocycles. The molecule has 1 aromatic heterocycles. The zero-order chi connectivity index (χ0) is 32.7. The second-order valence-corrected chi connectivity index (χ2v) is 10.7. The number of benzene rings is 3. The van der Waals surface area contributed by atoms with Crippen molar-refractivity contribution in [3.63, 3.8) is 0 Å². The molecule has 1 aliphatic rings. The Bertz CT molecular complexity index is 1750. The molecule has 3 aromatic carbocycles. The molecule has 1 fully saturated rings. The topological polar surface area (TPSA) is 151 Å². The van der Waals surface area contributed by atoms with Crippen LogP contribution in [0.5, 0.6) is 23.0 Å². The number of nitrogens with one attached hydrogen (secondary N) is 2. The van der Waals surface area contributed by atoms with E-state index >= 15 is 4.39 Å². The predicted octanol–water partition coefficient (Wildman–Crippen LogP) is 6.32. The van der Waals surface area contributed by atoms with Crippen molar-refractivity contribution >= 4 is 40.2 Å². The van der Waals surface area contributed by atoms with Gasteiger partial charge in [0.05, 0.1) is 25.8 Å². The van der Waals surface area contributed by atoms with Crippen LogP contribution in [0.1, 0.15) is 32.1 Å². The number of nitrogens with zero attached hydrogens (tertiary/aromatic N) is 1. The minimum Gasteiger partial charge on any atom is -0.493 e. The Labute approximate surface area is 263 Å². The van der Waals surface area contributed by atoms with Gasteiger partial charge < -0.3 is 35.3 Å². The average Bonchev–Trinajstić information content (AvgIpc) is 3.85. The Hall–Kier alpha value is -5.46. The maximum atomic E-state index is 15.2. The minimum atomic E-state index is -1.29. The van der Waals surface area contributed by atoms with Crippen LogP contribution in [-0.2, 0) is 14.3 Å². The van der Waals surface area contributed by atoms with Crippen LogP contribution in [-0.4, -0.2) is 43.2 Å². The van der Waals surface area contributed by atoms with Crippen molar-refractivity contribution < 1.29 is 42.1 Å². The van der Waals surface area contributed by atoms with Crippen LogP contribution >= 0.6 is 0 Å². The number of carbonyl (C=O) groups is 3. The molecule has 0 spiro atoms. The van der Waals surface area contributed by atoms with Crippen molar-refractivity contribution in [1.82, 2.24) is 4.98 Å². The summed E-state index contributed by atoms with van der Waals surface area (Å²) in [7, 11) is 1.50. The molecular formula is C33H32F2N4O7. The lowest BCUT2D eigenvalue weighted by atomic mass is 10.0. The molecule has 46 heavy (non-hydrogen) atoms. The lowest BCUT2D eigenvalue weighted by Gasteiger charge is -2.16. The summed E-state index contributed by atoms with van der Waals surface area (Å²) in [4.78, 5) is 40.9.